The van der Waals surface area contributed by atoms with Crippen LogP contribution in [-0.2, 0) is 43.2 Å². The zero-order valence-electron chi connectivity index (χ0n) is 24.0. The van der Waals surface area contributed by atoms with Crippen molar-refractivity contribution in [2.75, 3.05) is 0 Å². The lowest BCUT2D eigenvalue weighted by molar-refractivity contribution is -0.142. The van der Waals surface area contributed by atoms with Crippen molar-refractivity contribution in [2.24, 2.45) is 11.5 Å². The Bertz CT molecular complexity index is 1420. The molecule has 4 amide bonds. The van der Waals surface area contributed by atoms with Gasteiger partial charge in [-0.05, 0) is 41.7 Å². The number of carbonyl (C=O) groups excluding carboxylic acids is 4. The number of nitrogens with two attached hydrogens (primary N) is 2. The summed E-state index contributed by atoms with van der Waals surface area (Å²) >= 11 is 0. The number of hydrogen-bond donors (Lipinski definition) is 7. The molecule has 3 aromatic rings. The fraction of sp³-hybridized carbons (Fsp3) is 0.281. The van der Waals surface area contributed by atoms with Crippen molar-refractivity contribution in [1.82, 2.24) is 16.0 Å². The highest BCUT2D eigenvalue weighted by Gasteiger charge is 2.31. The van der Waals surface area contributed by atoms with Crippen LogP contribution in [0.3, 0.4) is 0 Å². The molecule has 4 unspecified atom stereocenters. The third-order valence-corrected chi connectivity index (χ3v) is 6.85. The second-order valence-corrected chi connectivity index (χ2v) is 10.4. The molecule has 0 spiro atoms. The molecule has 9 N–H and O–H groups in total. The second kappa shape index (κ2) is 16.4. The van der Waals surface area contributed by atoms with Crippen LogP contribution in [0.4, 0.5) is 0 Å². The Hall–Kier alpha value is -5.23. The Kier molecular flexibility index (Phi) is 12.4. The Morgan fingerprint density at radius 2 is 1.07 bits per heavy atom. The van der Waals surface area contributed by atoms with E-state index in [-0.39, 0.29) is 37.9 Å². The monoisotopic (exact) mass is 603 g/mol. The number of carbonyl (C=O) groups is 5. The molecule has 44 heavy (non-hydrogen) atoms. The maximum atomic E-state index is 13.5. The molecule has 0 aliphatic heterocycles. The van der Waals surface area contributed by atoms with E-state index in [1.54, 1.807) is 72.8 Å². The van der Waals surface area contributed by atoms with Gasteiger partial charge in [0.1, 0.15) is 23.9 Å². The summed E-state index contributed by atoms with van der Waals surface area (Å²) in [5, 5.41) is 27.0. The van der Waals surface area contributed by atoms with Crippen molar-refractivity contribution in [3.8, 4) is 5.75 Å². The molecule has 0 fully saturated rings. The first-order valence-electron chi connectivity index (χ1n) is 14.1. The van der Waals surface area contributed by atoms with E-state index >= 15 is 0 Å². The van der Waals surface area contributed by atoms with Crippen LogP contribution >= 0.6 is 0 Å². The van der Waals surface area contributed by atoms with Crippen molar-refractivity contribution in [1.29, 1.82) is 0 Å². The van der Waals surface area contributed by atoms with E-state index in [2.05, 4.69) is 16.0 Å². The molecule has 0 aliphatic rings. The van der Waals surface area contributed by atoms with Gasteiger partial charge in [-0.3, -0.25) is 19.2 Å². The normalized spacial score (nSPS) is 13.5. The molecular formula is C32H37N5O7. The van der Waals surface area contributed by atoms with Gasteiger partial charge in [0.25, 0.3) is 0 Å². The summed E-state index contributed by atoms with van der Waals surface area (Å²) in [6.45, 7) is 0. The number of aromatic hydroxyl groups is 1. The zero-order valence-corrected chi connectivity index (χ0v) is 24.0. The van der Waals surface area contributed by atoms with E-state index in [1.165, 1.54) is 12.1 Å². The van der Waals surface area contributed by atoms with Crippen LogP contribution in [0.5, 0.6) is 5.75 Å². The minimum atomic E-state index is -1.27. The Labute approximate surface area is 254 Å². The van der Waals surface area contributed by atoms with Gasteiger partial charge < -0.3 is 37.6 Å². The third-order valence-electron chi connectivity index (χ3n) is 6.85. The smallest absolute Gasteiger partial charge is 0.326 e. The highest BCUT2D eigenvalue weighted by molar-refractivity contribution is 5.94. The number of phenolic OH excluding ortho intramolecular Hbond substituents is 1. The minimum Gasteiger partial charge on any atom is -0.508 e. The summed E-state index contributed by atoms with van der Waals surface area (Å²) in [5.41, 5.74) is 13.4. The second-order valence-electron chi connectivity index (χ2n) is 10.4. The number of carboxylic acid groups (broad SMARTS) is 1. The number of phenols is 1. The predicted octanol–water partition coefficient (Wildman–Crippen LogP) is 0.552. The summed E-state index contributed by atoms with van der Waals surface area (Å²) in [5.74, 6) is -4.09. The van der Waals surface area contributed by atoms with Crippen LogP contribution in [-0.4, -0.2) is 64.0 Å². The van der Waals surface area contributed by atoms with Crippen molar-refractivity contribution >= 4 is 29.6 Å². The number of primary amides is 1. The number of rotatable bonds is 16. The van der Waals surface area contributed by atoms with E-state index in [1.807, 2.05) is 0 Å². The van der Waals surface area contributed by atoms with Gasteiger partial charge >= 0.3 is 5.97 Å². The minimum absolute atomic E-state index is 0.0180. The molecule has 0 aromatic heterocycles. The average molecular weight is 604 g/mol. The molecule has 0 heterocycles. The van der Waals surface area contributed by atoms with Gasteiger partial charge in [0, 0.05) is 19.3 Å². The standard InChI is InChI=1S/C32H37N5O7/c33-24(17-22-11-13-23(38)14-12-22)29(40)35-25(15-16-28(34)39)30(41)36-26(18-20-7-3-1-4-8-20)31(42)37-27(32(43)44)19-21-9-5-2-6-10-21/h1-14,24-27,38H,15-19,33H2,(H2,34,39)(H,35,40)(H,36,41)(H,37,42)(H,43,44). The van der Waals surface area contributed by atoms with E-state index in [0.29, 0.717) is 16.7 Å². The molecule has 12 heteroatoms. The summed E-state index contributed by atoms with van der Waals surface area (Å²) < 4.78 is 0. The van der Waals surface area contributed by atoms with Gasteiger partial charge in [-0.1, -0.05) is 72.8 Å². The van der Waals surface area contributed by atoms with Gasteiger partial charge in [0.2, 0.25) is 23.6 Å². The first kappa shape index (κ1) is 33.3. The third kappa shape index (κ3) is 10.9. The van der Waals surface area contributed by atoms with Crippen LogP contribution in [0.2, 0.25) is 0 Å². The number of benzene rings is 3. The largest absolute Gasteiger partial charge is 0.508 e. The quantitative estimate of drug-likeness (QED) is 0.122. The molecular weight excluding hydrogens is 566 g/mol. The van der Waals surface area contributed by atoms with Gasteiger partial charge in [-0.25, -0.2) is 4.79 Å². The summed E-state index contributed by atoms with van der Waals surface area (Å²) in [6.07, 6.45) is -0.256. The number of carboxylic acids is 1. The lowest BCUT2D eigenvalue weighted by atomic mass is 10.0. The first-order valence-corrected chi connectivity index (χ1v) is 14.1. The van der Waals surface area contributed by atoms with Crippen LogP contribution in [0, 0.1) is 0 Å². The van der Waals surface area contributed by atoms with Gasteiger partial charge in [0.05, 0.1) is 6.04 Å². The molecule has 3 aromatic carbocycles. The molecule has 0 saturated heterocycles. The summed E-state index contributed by atoms with van der Waals surface area (Å²) in [7, 11) is 0. The molecule has 0 bridgehead atoms. The van der Waals surface area contributed by atoms with Crippen LogP contribution in [0.25, 0.3) is 0 Å². The van der Waals surface area contributed by atoms with E-state index in [0.717, 1.165) is 0 Å². The van der Waals surface area contributed by atoms with Gasteiger partial charge in [0.15, 0.2) is 0 Å². The number of aliphatic carboxylic acids is 1. The fourth-order valence-electron chi connectivity index (χ4n) is 4.47. The topological polar surface area (TPSA) is 214 Å². The lowest BCUT2D eigenvalue weighted by Gasteiger charge is -2.25. The maximum Gasteiger partial charge on any atom is 0.326 e. The van der Waals surface area contributed by atoms with E-state index in [9.17, 15) is 34.2 Å². The number of amides is 4. The molecule has 3 rings (SSSR count). The van der Waals surface area contributed by atoms with Crippen LogP contribution < -0.4 is 27.4 Å². The Morgan fingerprint density at radius 3 is 1.59 bits per heavy atom. The zero-order chi connectivity index (χ0) is 32.1. The number of hydrogen-bond acceptors (Lipinski definition) is 7. The van der Waals surface area contributed by atoms with Gasteiger partial charge in [-0.15, -0.1) is 0 Å². The summed E-state index contributed by atoms with van der Waals surface area (Å²) in [4.78, 5) is 63.4. The first-order chi connectivity index (χ1) is 21.0. The highest BCUT2D eigenvalue weighted by Crippen LogP contribution is 2.12. The molecule has 0 aliphatic carbocycles. The molecule has 0 saturated carbocycles. The average Bonchev–Trinajstić information content (AvgIpc) is 3.00. The van der Waals surface area contributed by atoms with Crippen molar-refractivity contribution in [2.45, 2.75) is 56.3 Å². The predicted molar refractivity (Wildman–Crippen MR) is 162 cm³/mol. The molecule has 0 radical (unpaired) electrons. The Balaban J connectivity index is 1.77. The molecule has 232 valence electrons. The molecule has 4 atom stereocenters. The lowest BCUT2D eigenvalue weighted by Crippen LogP contribution is -2.58. The van der Waals surface area contributed by atoms with Crippen molar-refractivity contribution in [3.63, 3.8) is 0 Å². The molecule has 12 nitrogen and oxygen atoms in total. The Morgan fingerprint density at radius 1 is 0.614 bits per heavy atom. The SMILES string of the molecule is NC(=O)CCC(NC(=O)C(N)Cc1ccc(O)cc1)C(=O)NC(Cc1ccccc1)C(=O)NC(Cc1ccccc1)C(=O)O. The van der Waals surface area contributed by atoms with E-state index in [4.69, 9.17) is 11.5 Å². The highest BCUT2D eigenvalue weighted by atomic mass is 16.4. The van der Waals surface area contributed by atoms with E-state index < -0.39 is 53.8 Å². The number of nitrogens with one attached hydrogen (secondary N) is 3. The van der Waals surface area contributed by atoms with Gasteiger partial charge in [-0.2, -0.15) is 0 Å². The fourth-order valence-corrected chi connectivity index (χ4v) is 4.47. The van der Waals surface area contributed by atoms with Crippen LogP contribution in [0.1, 0.15) is 29.5 Å². The van der Waals surface area contributed by atoms with Crippen molar-refractivity contribution < 1.29 is 34.2 Å². The summed E-state index contributed by atoms with van der Waals surface area (Å²) in [6, 6.07) is 18.9. The maximum absolute atomic E-state index is 13.5. The van der Waals surface area contributed by atoms with Crippen LogP contribution in [0.15, 0.2) is 84.9 Å². The van der Waals surface area contributed by atoms with Crippen molar-refractivity contribution in [3.05, 3.63) is 102 Å².